The summed E-state index contributed by atoms with van der Waals surface area (Å²) >= 11 is 0. The summed E-state index contributed by atoms with van der Waals surface area (Å²) in [5.74, 6) is 1.86. The number of fused-ring (bicyclic) bond motifs is 2. The van der Waals surface area contributed by atoms with E-state index >= 15 is 0 Å². The predicted octanol–water partition coefficient (Wildman–Crippen LogP) is 4.62. The fraction of sp³-hybridized carbons (Fsp3) is 0.318. The number of benzene rings is 2. The van der Waals surface area contributed by atoms with Crippen molar-refractivity contribution in [2.24, 2.45) is 0 Å². The molecule has 3 heteroatoms. The van der Waals surface area contributed by atoms with Crippen molar-refractivity contribution in [3.05, 3.63) is 64.2 Å². The Morgan fingerprint density at radius 3 is 2.88 bits per heavy atom. The average molecular weight is 334 g/mol. The lowest BCUT2D eigenvalue weighted by Gasteiger charge is -2.18. The van der Waals surface area contributed by atoms with Crippen LogP contribution in [0.4, 0.5) is 0 Å². The normalized spacial score (nSPS) is 20.2. The van der Waals surface area contributed by atoms with Gasteiger partial charge < -0.3 is 9.47 Å². The highest BCUT2D eigenvalue weighted by atomic mass is 16.5. The molecule has 2 aromatic carbocycles. The number of hydrogen-bond acceptors (Lipinski definition) is 3. The van der Waals surface area contributed by atoms with E-state index in [9.17, 15) is 4.79 Å². The van der Waals surface area contributed by atoms with Crippen molar-refractivity contribution >= 4 is 11.9 Å². The minimum Gasteiger partial charge on any atom is -0.493 e. The summed E-state index contributed by atoms with van der Waals surface area (Å²) < 4.78 is 11.7. The number of hydrogen-bond donors (Lipinski definition) is 0. The van der Waals surface area contributed by atoms with E-state index in [4.69, 9.17) is 9.47 Å². The van der Waals surface area contributed by atoms with Crippen molar-refractivity contribution in [3.63, 3.8) is 0 Å². The van der Waals surface area contributed by atoms with Crippen molar-refractivity contribution in [1.82, 2.24) is 0 Å². The number of carbonyl (C=O) groups is 1. The van der Waals surface area contributed by atoms with E-state index in [-0.39, 0.29) is 11.9 Å². The van der Waals surface area contributed by atoms with Crippen LogP contribution in [0.15, 0.2) is 42.0 Å². The Morgan fingerprint density at radius 1 is 1.20 bits per heavy atom. The lowest BCUT2D eigenvalue weighted by molar-refractivity contribution is 0.102. The van der Waals surface area contributed by atoms with Gasteiger partial charge in [0.2, 0.25) is 0 Å². The summed E-state index contributed by atoms with van der Waals surface area (Å²) in [6, 6.07) is 12.0. The van der Waals surface area contributed by atoms with E-state index in [1.165, 1.54) is 5.56 Å². The van der Waals surface area contributed by atoms with E-state index in [0.29, 0.717) is 6.61 Å². The maximum absolute atomic E-state index is 12.8. The zero-order chi connectivity index (χ0) is 17.4. The molecule has 0 fully saturated rings. The topological polar surface area (TPSA) is 35.5 Å². The van der Waals surface area contributed by atoms with E-state index in [2.05, 4.69) is 13.0 Å². The summed E-state index contributed by atoms with van der Waals surface area (Å²) in [5.41, 5.74) is 4.91. The highest BCUT2D eigenvalue weighted by Crippen LogP contribution is 2.37. The Morgan fingerprint density at radius 2 is 2.04 bits per heavy atom. The lowest BCUT2D eigenvalue weighted by Crippen LogP contribution is -2.13. The molecule has 128 valence electrons. The van der Waals surface area contributed by atoms with Crippen LogP contribution in [0.1, 0.15) is 47.3 Å². The summed E-state index contributed by atoms with van der Waals surface area (Å²) in [7, 11) is 0. The van der Waals surface area contributed by atoms with Gasteiger partial charge in [-0.2, -0.15) is 0 Å². The zero-order valence-corrected chi connectivity index (χ0v) is 14.7. The molecule has 0 radical (unpaired) electrons. The van der Waals surface area contributed by atoms with Crippen molar-refractivity contribution in [3.8, 4) is 11.5 Å². The van der Waals surface area contributed by atoms with Gasteiger partial charge in [0.15, 0.2) is 5.78 Å². The number of Topliss-reactive ketones (excluding diaryl/α,β-unsaturated/α-hetero) is 1. The summed E-state index contributed by atoms with van der Waals surface area (Å²) in [5, 5.41) is 0. The number of rotatable bonds is 3. The lowest BCUT2D eigenvalue weighted by atomic mass is 9.86. The molecule has 0 aromatic heterocycles. The van der Waals surface area contributed by atoms with Crippen molar-refractivity contribution in [1.29, 1.82) is 0 Å². The molecule has 1 atom stereocenters. The molecule has 4 rings (SSSR count). The van der Waals surface area contributed by atoms with Crippen LogP contribution in [0.25, 0.3) is 6.08 Å². The highest BCUT2D eigenvalue weighted by Gasteiger charge is 2.24. The van der Waals surface area contributed by atoms with Gasteiger partial charge in [-0.1, -0.05) is 24.3 Å². The number of aryl methyl sites for hydroxylation is 1. The first-order valence-electron chi connectivity index (χ1n) is 8.95. The van der Waals surface area contributed by atoms with Crippen LogP contribution in [-0.2, 0) is 12.8 Å². The minimum atomic E-state index is 0.124. The van der Waals surface area contributed by atoms with Gasteiger partial charge in [0.05, 0.1) is 6.61 Å². The number of ether oxygens (including phenoxy) is 2. The fourth-order valence-electron chi connectivity index (χ4n) is 3.69. The van der Waals surface area contributed by atoms with E-state index in [0.717, 1.165) is 53.0 Å². The van der Waals surface area contributed by atoms with Crippen LogP contribution >= 0.6 is 0 Å². The first-order valence-corrected chi connectivity index (χ1v) is 8.95. The van der Waals surface area contributed by atoms with Crippen LogP contribution in [-0.4, -0.2) is 18.5 Å². The summed E-state index contributed by atoms with van der Waals surface area (Å²) in [6.07, 6.45) is 4.73. The molecule has 0 amide bonds. The standard InChI is InChI=1S/C22H22O3/c1-3-24-20-12-17-10-14(2)25-21(17)13-18(20)11-16-9-8-15-6-4-5-7-19(15)22(16)23/h4-7,11-14H,3,8-10H2,1-2H3/b16-11+/t14-/m1/s1. The number of allylic oxidation sites excluding steroid dienone is 1. The molecule has 0 unspecified atom stereocenters. The molecule has 0 N–H and O–H groups in total. The Labute approximate surface area is 148 Å². The molecular formula is C22H22O3. The summed E-state index contributed by atoms with van der Waals surface area (Å²) in [4.78, 5) is 12.8. The zero-order valence-electron chi connectivity index (χ0n) is 14.7. The smallest absolute Gasteiger partial charge is 0.189 e. The first kappa shape index (κ1) is 15.9. The van der Waals surface area contributed by atoms with Crippen LogP contribution in [0.2, 0.25) is 0 Å². The molecule has 0 saturated heterocycles. The SMILES string of the molecule is CCOc1cc2c(cc1/C=C1\CCc3ccccc3C1=O)O[C@H](C)C2. The Balaban J connectivity index is 1.74. The van der Waals surface area contributed by atoms with Crippen LogP contribution in [0.3, 0.4) is 0 Å². The average Bonchev–Trinajstić information content (AvgIpc) is 2.97. The molecule has 25 heavy (non-hydrogen) atoms. The van der Waals surface area contributed by atoms with E-state index in [1.54, 1.807) is 0 Å². The molecule has 1 aliphatic heterocycles. The quantitative estimate of drug-likeness (QED) is 0.768. The molecule has 0 saturated carbocycles. The first-order chi connectivity index (χ1) is 12.2. The maximum atomic E-state index is 12.8. The van der Waals surface area contributed by atoms with Crippen molar-refractivity contribution < 1.29 is 14.3 Å². The van der Waals surface area contributed by atoms with Gasteiger partial charge in [-0.05, 0) is 50.5 Å². The predicted molar refractivity (Wildman–Crippen MR) is 98.5 cm³/mol. The van der Waals surface area contributed by atoms with Crippen molar-refractivity contribution in [2.45, 2.75) is 39.2 Å². The number of ketones is 1. The Kier molecular flexibility index (Phi) is 4.08. The summed E-state index contributed by atoms with van der Waals surface area (Å²) in [6.45, 7) is 4.65. The van der Waals surface area contributed by atoms with Crippen LogP contribution < -0.4 is 9.47 Å². The minimum absolute atomic E-state index is 0.124. The van der Waals surface area contributed by atoms with Gasteiger partial charge in [-0.15, -0.1) is 0 Å². The molecule has 0 bridgehead atoms. The Bertz CT molecular complexity index is 864. The molecule has 2 aromatic rings. The Hall–Kier alpha value is -2.55. The third kappa shape index (κ3) is 2.95. The molecule has 1 aliphatic carbocycles. The molecule has 0 spiro atoms. The van der Waals surface area contributed by atoms with Gasteiger partial charge in [-0.25, -0.2) is 0 Å². The third-order valence-electron chi connectivity index (χ3n) is 4.88. The van der Waals surface area contributed by atoms with Gasteiger partial charge in [0.25, 0.3) is 0 Å². The molecule has 3 nitrogen and oxygen atoms in total. The van der Waals surface area contributed by atoms with Gasteiger partial charge in [0, 0.05) is 28.7 Å². The molecule has 1 heterocycles. The maximum Gasteiger partial charge on any atom is 0.189 e. The molecule has 2 aliphatic rings. The van der Waals surface area contributed by atoms with Gasteiger partial charge >= 0.3 is 0 Å². The van der Waals surface area contributed by atoms with E-state index in [1.807, 2.05) is 43.3 Å². The second-order valence-corrected chi connectivity index (χ2v) is 6.72. The second-order valence-electron chi connectivity index (χ2n) is 6.72. The van der Waals surface area contributed by atoms with Gasteiger partial charge in [0.1, 0.15) is 17.6 Å². The van der Waals surface area contributed by atoms with Gasteiger partial charge in [-0.3, -0.25) is 4.79 Å². The number of carbonyl (C=O) groups excluding carboxylic acids is 1. The van der Waals surface area contributed by atoms with Crippen LogP contribution in [0.5, 0.6) is 11.5 Å². The van der Waals surface area contributed by atoms with Crippen molar-refractivity contribution in [2.75, 3.05) is 6.61 Å². The monoisotopic (exact) mass is 334 g/mol. The fourth-order valence-corrected chi connectivity index (χ4v) is 3.69. The second kappa shape index (κ2) is 6.40. The third-order valence-corrected chi connectivity index (χ3v) is 4.88. The highest BCUT2D eigenvalue weighted by molar-refractivity contribution is 6.13. The largest absolute Gasteiger partial charge is 0.493 e. The molecular weight excluding hydrogens is 312 g/mol. The van der Waals surface area contributed by atoms with Crippen LogP contribution in [0, 0.1) is 0 Å². The van der Waals surface area contributed by atoms with E-state index < -0.39 is 0 Å².